The molecule has 0 aliphatic carbocycles. The summed E-state index contributed by atoms with van der Waals surface area (Å²) >= 11 is 0. The fourth-order valence-corrected chi connectivity index (χ4v) is 2.23. The number of carbonyl (C=O) groups is 1. The normalized spacial score (nSPS) is 12.8. The molecule has 0 radical (unpaired) electrons. The van der Waals surface area contributed by atoms with Crippen molar-refractivity contribution in [1.82, 2.24) is 0 Å². The van der Waals surface area contributed by atoms with Crippen LogP contribution in [0.2, 0.25) is 0 Å². The summed E-state index contributed by atoms with van der Waals surface area (Å²) < 4.78 is 5.33. The second-order valence-corrected chi connectivity index (χ2v) is 4.76. The van der Waals surface area contributed by atoms with Crippen LogP contribution in [-0.4, -0.2) is 18.7 Å². The van der Waals surface area contributed by atoms with Gasteiger partial charge in [0, 0.05) is 12.8 Å². The largest absolute Gasteiger partial charge is 0.457 e. The fourth-order valence-electron chi connectivity index (χ4n) is 2.23. The number of nitrogens with zero attached hydrogens (tertiary/aromatic N) is 1. The summed E-state index contributed by atoms with van der Waals surface area (Å²) in [5.41, 5.74) is 3.85. The number of esters is 1. The van der Waals surface area contributed by atoms with Crippen molar-refractivity contribution < 1.29 is 9.53 Å². The standard InChI is InChI=1S/C17H15NO2/c19-17(20-12-13-4-2-1-3-5-13)15-6-7-16-11-18-9-8-14(16)10-15/h1-7,10-11H,8-9,12H2. The van der Waals surface area contributed by atoms with Gasteiger partial charge in [-0.2, -0.15) is 0 Å². The highest BCUT2D eigenvalue weighted by atomic mass is 16.5. The molecule has 3 heteroatoms. The van der Waals surface area contributed by atoms with Crippen molar-refractivity contribution in [2.45, 2.75) is 13.0 Å². The van der Waals surface area contributed by atoms with Gasteiger partial charge >= 0.3 is 5.97 Å². The van der Waals surface area contributed by atoms with Crippen molar-refractivity contribution in [1.29, 1.82) is 0 Å². The number of ether oxygens (including phenoxy) is 1. The van der Waals surface area contributed by atoms with Crippen LogP contribution < -0.4 is 0 Å². The summed E-state index contributed by atoms with van der Waals surface area (Å²) in [6.45, 7) is 1.09. The number of benzene rings is 2. The predicted octanol–water partition coefficient (Wildman–Crippen LogP) is 3.02. The van der Waals surface area contributed by atoms with E-state index in [1.54, 1.807) is 6.07 Å². The number of carbonyl (C=O) groups excluding carboxylic acids is 1. The van der Waals surface area contributed by atoms with Crippen molar-refractivity contribution in [3.8, 4) is 0 Å². The average molecular weight is 265 g/mol. The molecule has 3 rings (SSSR count). The van der Waals surface area contributed by atoms with Crippen LogP contribution in [0.15, 0.2) is 53.5 Å². The molecule has 2 aromatic carbocycles. The summed E-state index contributed by atoms with van der Waals surface area (Å²) in [7, 11) is 0. The van der Waals surface area contributed by atoms with E-state index in [9.17, 15) is 4.79 Å². The molecular formula is C17H15NO2. The van der Waals surface area contributed by atoms with E-state index in [2.05, 4.69) is 4.99 Å². The SMILES string of the molecule is O=C(OCc1ccccc1)c1ccc2c(c1)CCN=C2. The molecule has 0 atom stereocenters. The van der Waals surface area contributed by atoms with Crippen LogP contribution >= 0.6 is 0 Å². The van der Waals surface area contributed by atoms with Gasteiger partial charge in [0.2, 0.25) is 0 Å². The molecule has 0 bridgehead atoms. The van der Waals surface area contributed by atoms with Crippen molar-refractivity contribution in [2.24, 2.45) is 4.99 Å². The van der Waals surface area contributed by atoms with Crippen LogP contribution in [0, 0.1) is 0 Å². The lowest BCUT2D eigenvalue weighted by atomic mass is 10.0. The van der Waals surface area contributed by atoms with Crippen LogP contribution in [0.25, 0.3) is 0 Å². The molecule has 2 aromatic rings. The van der Waals surface area contributed by atoms with Crippen molar-refractivity contribution in [2.75, 3.05) is 6.54 Å². The van der Waals surface area contributed by atoms with Gasteiger partial charge in [-0.25, -0.2) is 4.79 Å². The summed E-state index contributed by atoms with van der Waals surface area (Å²) in [6.07, 6.45) is 2.74. The zero-order valence-electron chi connectivity index (χ0n) is 11.1. The van der Waals surface area contributed by atoms with Gasteiger partial charge in [0.05, 0.1) is 5.56 Å². The van der Waals surface area contributed by atoms with Crippen molar-refractivity contribution >= 4 is 12.2 Å². The predicted molar refractivity (Wildman–Crippen MR) is 78.2 cm³/mol. The third-order valence-corrected chi connectivity index (χ3v) is 3.33. The summed E-state index contributed by atoms with van der Waals surface area (Å²) in [4.78, 5) is 16.3. The lowest BCUT2D eigenvalue weighted by Gasteiger charge is -2.11. The van der Waals surface area contributed by atoms with Gasteiger partial charge in [-0.1, -0.05) is 36.4 Å². The molecule has 0 fully saturated rings. The molecular weight excluding hydrogens is 250 g/mol. The van der Waals surface area contributed by atoms with E-state index in [1.165, 1.54) is 0 Å². The first-order chi connectivity index (χ1) is 9.83. The quantitative estimate of drug-likeness (QED) is 0.800. The summed E-state index contributed by atoms with van der Waals surface area (Å²) in [5, 5.41) is 0. The first-order valence-electron chi connectivity index (χ1n) is 6.67. The van der Waals surface area contributed by atoms with Crippen LogP contribution in [0.4, 0.5) is 0 Å². The van der Waals surface area contributed by atoms with E-state index in [0.717, 1.165) is 29.7 Å². The molecule has 0 aromatic heterocycles. The van der Waals surface area contributed by atoms with E-state index in [-0.39, 0.29) is 5.97 Å². The van der Waals surface area contributed by atoms with Gasteiger partial charge in [-0.15, -0.1) is 0 Å². The second-order valence-electron chi connectivity index (χ2n) is 4.76. The Bertz CT molecular complexity index is 647. The Morgan fingerprint density at radius 3 is 2.85 bits per heavy atom. The lowest BCUT2D eigenvalue weighted by Crippen LogP contribution is -2.09. The monoisotopic (exact) mass is 265 g/mol. The van der Waals surface area contributed by atoms with Crippen LogP contribution in [0.5, 0.6) is 0 Å². The molecule has 1 heterocycles. The highest BCUT2D eigenvalue weighted by molar-refractivity contribution is 5.92. The maximum absolute atomic E-state index is 12.0. The first-order valence-corrected chi connectivity index (χ1v) is 6.67. The Morgan fingerprint density at radius 1 is 1.15 bits per heavy atom. The maximum Gasteiger partial charge on any atom is 0.338 e. The number of aliphatic imine (C=N–C) groups is 1. The lowest BCUT2D eigenvalue weighted by molar-refractivity contribution is 0.0472. The third-order valence-electron chi connectivity index (χ3n) is 3.33. The molecule has 1 aliphatic heterocycles. The number of fused-ring (bicyclic) bond motifs is 1. The highest BCUT2D eigenvalue weighted by Crippen LogP contribution is 2.16. The van der Waals surface area contributed by atoms with Crippen LogP contribution in [-0.2, 0) is 17.8 Å². The van der Waals surface area contributed by atoms with Gasteiger partial charge in [0.15, 0.2) is 0 Å². The molecule has 0 amide bonds. The fraction of sp³-hybridized carbons (Fsp3) is 0.176. The maximum atomic E-state index is 12.0. The Morgan fingerprint density at radius 2 is 2.00 bits per heavy atom. The molecule has 100 valence electrons. The van der Waals surface area contributed by atoms with E-state index < -0.39 is 0 Å². The van der Waals surface area contributed by atoms with Gasteiger partial charge in [-0.05, 0) is 35.2 Å². The zero-order valence-corrected chi connectivity index (χ0v) is 11.1. The van der Waals surface area contributed by atoms with E-state index in [1.807, 2.05) is 48.7 Å². The third kappa shape index (κ3) is 2.77. The minimum atomic E-state index is -0.279. The van der Waals surface area contributed by atoms with Gasteiger partial charge in [-0.3, -0.25) is 4.99 Å². The molecule has 0 saturated carbocycles. The summed E-state index contributed by atoms with van der Waals surface area (Å²) in [5.74, 6) is -0.279. The Labute approximate surface area is 117 Å². The van der Waals surface area contributed by atoms with Gasteiger partial charge in [0.25, 0.3) is 0 Å². The van der Waals surface area contributed by atoms with E-state index >= 15 is 0 Å². The molecule has 3 nitrogen and oxygen atoms in total. The molecule has 0 saturated heterocycles. The van der Waals surface area contributed by atoms with E-state index in [0.29, 0.717) is 12.2 Å². The second kappa shape index (κ2) is 5.70. The van der Waals surface area contributed by atoms with Crippen molar-refractivity contribution in [3.63, 3.8) is 0 Å². The topological polar surface area (TPSA) is 38.7 Å². The number of hydrogen-bond acceptors (Lipinski definition) is 3. The molecule has 0 N–H and O–H groups in total. The van der Waals surface area contributed by atoms with Crippen LogP contribution in [0.3, 0.4) is 0 Å². The Balaban J connectivity index is 1.70. The molecule has 0 unspecified atom stereocenters. The average Bonchev–Trinajstić information content (AvgIpc) is 2.53. The molecule has 0 spiro atoms. The Hall–Kier alpha value is -2.42. The van der Waals surface area contributed by atoms with E-state index in [4.69, 9.17) is 4.74 Å². The number of hydrogen-bond donors (Lipinski definition) is 0. The highest BCUT2D eigenvalue weighted by Gasteiger charge is 2.12. The number of rotatable bonds is 3. The zero-order chi connectivity index (χ0) is 13.8. The van der Waals surface area contributed by atoms with Crippen LogP contribution in [0.1, 0.15) is 27.0 Å². The summed E-state index contributed by atoms with van der Waals surface area (Å²) in [6, 6.07) is 15.3. The van der Waals surface area contributed by atoms with Gasteiger partial charge < -0.3 is 4.74 Å². The smallest absolute Gasteiger partial charge is 0.338 e. The minimum Gasteiger partial charge on any atom is -0.457 e. The molecule has 20 heavy (non-hydrogen) atoms. The van der Waals surface area contributed by atoms with Gasteiger partial charge in [0.1, 0.15) is 6.61 Å². The minimum absolute atomic E-state index is 0.279. The Kier molecular flexibility index (Phi) is 3.59. The van der Waals surface area contributed by atoms with Crippen molar-refractivity contribution in [3.05, 3.63) is 70.8 Å². The molecule has 1 aliphatic rings. The first kappa shape index (κ1) is 12.6.